The van der Waals surface area contributed by atoms with Crippen LogP contribution in [0.25, 0.3) is 0 Å². The summed E-state index contributed by atoms with van der Waals surface area (Å²) in [6.45, 7) is 0. The van der Waals surface area contributed by atoms with E-state index in [9.17, 15) is 0 Å². The van der Waals surface area contributed by atoms with Crippen molar-refractivity contribution in [2.24, 2.45) is 36.6 Å². The normalized spacial score (nSPS) is 38.9. The first-order valence-electron chi connectivity index (χ1n) is 8.87. The lowest BCUT2D eigenvalue weighted by atomic mass is 9.50. The predicted octanol–water partition coefficient (Wildman–Crippen LogP) is 3.01. The van der Waals surface area contributed by atoms with Gasteiger partial charge in [0.25, 0.3) is 0 Å². The van der Waals surface area contributed by atoms with E-state index in [0.29, 0.717) is 6.04 Å². The average molecular weight is 287 g/mol. The van der Waals surface area contributed by atoms with Gasteiger partial charge in [0.05, 0.1) is 6.20 Å². The van der Waals surface area contributed by atoms with Crippen molar-refractivity contribution in [2.45, 2.75) is 51.0 Å². The Hall–Kier alpha value is -0.830. The van der Waals surface area contributed by atoms with Gasteiger partial charge in [-0.15, -0.1) is 0 Å². The van der Waals surface area contributed by atoms with E-state index in [-0.39, 0.29) is 0 Å². The minimum absolute atomic E-state index is 0.709. The Bertz CT molecular complexity index is 464. The lowest BCUT2D eigenvalue weighted by Crippen LogP contribution is -2.52. The smallest absolute Gasteiger partial charge is 0.0521 e. The van der Waals surface area contributed by atoms with E-state index in [1.165, 1.54) is 44.1 Å². The molecule has 4 aliphatic rings. The van der Waals surface area contributed by atoms with Crippen molar-refractivity contribution < 1.29 is 0 Å². The molecule has 1 unspecified atom stereocenters. The number of hydrogen-bond donors (Lipinski definition) is 1. The van der Waals surface area contributed by atoms with Gasteiger partial charge in [0.1, 0.15) is 0 Å². The minimum atomic E-state index is 0.709. The van der Waals surface area contributed by atoms with Gasteiger partial charge in [-0.25, -0.2) is 0 Å². The van der Waals surface area contributed by atoms with Gasteiger partial charge < -0.3 is 5.32 Å². The highest BCUT2D eigenvalue weighted by molar-refractivity contribution is 5.06. The molecule has 4 bridgehead atoms. The van der Waals surface area contributed by atoms with E-state index >= 15 is 0 Å². The SMILES string of the molecule is CNC(CCc1cnn(C)c1)C1C2CC3CC(C2)CC1C3. The number of hydrogen-bond acceptors (Lipinski definition) is 2. The van der Waals surface area contributed by atoms with Crippen LogP contribution < -0.4 is 5.32 Å². The molecule has 0 aromatic carbocycles. The fourth-order valence-electron chi connectivity index (χ4n) is 6.08. The highest BCUT2D eigenvalue weighted by Gasteiger charge is 2.49. The summed E-state index contributed by atoms with van der Waals surface area (Å²) in [6.07, 6.45) is 14.3. The summed E-state index contributed by atoms with van der Waals surface area (Å²) in [5.74, 6) is 5.15. The van der Waals surface area contributed by atoms with Crippen molar-refractivity contribution >= 4 is 0 Å². The number of nitrogens with zero attached hydrogens (tertiary/aromatic N) is 2. The molecule has 3 heteroatoms. The van der Waals surface area contributed by atoms with E-state index < -0.39 is 0 Å². The van der Waals surface area contributed by atoms with Crippen LogP contribution in [0.3, 0.4) is 0 Å². The summed E-state index contributed by atoms with van der Waals surface area (Å²) < 4.78 is 1.92. The fourth-order valence-corrected chi connectivity index (χ4v) is 6.08. The Kier molecular flexibility index (Phi) is 3.56. The zero-order valence-corrected chi connectivity index (χ0v) is 13.5. The number of aromatic nitrogens is 2. The monoisotopic (exact) mass is 287 g/mol. The summed E-state index contributed by atoms with van der Waals surface area (Å²) in [4.78, 5) is 0. The first-order chi connectivity index (χ1) is 10.2. The molecule has 21 heavy (non-hydrogen) atoms. The fraction of sp³-hybridized carbons (Fsp3) is 0.833. The van der Waals surface area contributed by atoms with Crippen LogP contribution in [0.4, 0.5) is 0 Å². The van der Waals surface area contributed by atoms with Crippen LogP contribution in [-0.2, 0) is 13.5 Å². The number of aryl methyl sites for hydroxylation is 2. The highest BCUT2D eigenvalue weighted by atomic mass is 15.2. The van der Waals surface area contributed by atoms with Gasteiger partial charge >= 0.3 is 0 Å². The van der Waals surface area contributed by atoms with Crippen molar-refractivity contribution in [2.75, 3.05) is 7.05 Å². The molecule has 1 N–H and O–H groups in total. The van der Waals surface area contributed by atoms with Crippen molar-refractivity contribution in [3.63, 3.8) is 0 Å². The van der Waals surface area contributed by atoms with E-state index in [1.54, 1.807) is 6.42 Å². The largest absolute Gasteiger partial charge is 0.317 e. The second kappa shape index (κ2) is 5.42. The maximum absolute atomic E-state index is 4.30. The average Bonchev–Trinajstić information content (AvgIpc) is 2.86. The summed E-state index contributed by atoms with van der Waals surface area (Å²) in [5.41, 5.74) is 1.39. The molecule has 1 atom stereocenters. The van der Waals surface area contributed by atoms with Gasteiger partial charge in [-0.2, -0.15) is 5.10 Å². The third-order valence-electron chi connectivity index (χ3n) is 6.64. The molecule has 4 saturated carbocycles. The zero-order valence-electron chi connectivity index (χ0n) is 13.5. The lowest BCUT2D eigenvalue weighted by molar-refractivity contribution is -0.0518. The van der Waals surface area contributed by atoms with Crippen LogP contribution in [0.1, 0.15) is 44.1 Å². The van der Waals surface area contributed by atoms with Crippen LogP contribution in [0.5, 0.6) is 0 Å². The van der Waals surface area contributed by atoms with E-state index in [4.69, 9.17) is 0 Å². The summed E-state index contributed by atoms with van der Waals surface area (Å²) >= 11 is 0. The van der Waals surface area contributed by atoms with E-state index in [2.05, 4.69) is 23.7 Å². The molecule has 1 heterocycles. The molecule has 5 rings (SSSR count). The lowest BCUT2D eigenvalue weighted by Gasteiger charge is -2.56. The molecule has 3 nitrogen and oxygen atoms in total. The van der Waals surface area contributed by atoms with Gasteiger partial charge in [0, 0.05) is 19.3 Å². The maximum atomic E-state index is 4.30. The van der Waals surface area contributed by atoms with E-state index in [1.807, 2.05) is 17.9 Å². The molecular weight excluding hydrogens is 258 g/mol. The van der Waals surface area contributed by atoms with E-state index in [0.717, 1.165) is 29.6 Å². The highest BCUT2D eigenvalue weighted by Crippen LogP contribution is 2.57. The zero-order chi connectivity index (χ0) is 14.4. The molecule has 0 aliphatic heterocycles. The van der Waals surface area contributed by atoms with Crippen LogP contribution in [-0.4, -0.2) is 22.9 Å². The molecule has 0 radical (unpaired) electrons. The maximum Gasteiger partial charge on any atom is 0.0521 e. The van der Waals surface area contributed by atoms with Crippen LogP contribution in [0.15, 0.2) is 12.4 Å². The van der Waals surface area contributed by atoms with Crippen LogP contribution >= 0.6 is 0 Å². The Morgan fingerprint density at radius 3 is 2.38 bits per heavy atom. The summed E-state index contributed by atoms with van der Waals surface area (Å²) in [5, 5.41) is 7.98. The van der Waals surface area contributed by atoms with Gasteiger partial charge in [-0.05, 0) is 87.1 Å². The van der Waals surface area contributed by atoms with Gasteiger partial charge in [0.2, 0.25) is 0 Å². The molecule has 0 spiro atoms. The van der Waals surface area contributed by atoms with Crippen molar-refractivity contribution in [1.29, 1.82) is 0 Å². The molecule has 4 aliphatic carbocycles. The quantitative estimate of drug-likeness (QED) is 0.902. The van der Waals surface area contributed by atoms with Crippen molar-refractivity contribution in [1.82, 2.24) is 15.1 Å². The van der Waals surface area contributed by atoms with Gasteiger partial charge in [-0.1, -0.05) is 0 Å². The Morgan fingerprint density at radius 2 is 1.86 bits per heavy atom. The van der Waals surface area contributed by atoms with Gasteiger partial charge in [-0.3, -0.25) is 4.68 Å². The minimum Gasteiger partial charge on any atom is -0.317 e. The molecule has 1 aromatic heterocycles. The molecule has 0 amide bonds. The molecule has 116 valence electrons. The Morgan fingerprint density at radius 1 is 1.19 bits per heavy atom. The summed E-state index contributed by atoms with van der Waals surface area (Å²) in [7, 11) is 4.19. The van der Waals surface area contributed by atoms with Gasteiger partial charge in [0.15, 0.2) is 0 Å². The molecule has 1 aromatic rings. The first kappa shape index (κ1) is 13.8. The number of rotatable bonds is 5. The summed E-state index contributed by atoms with van der Waals surface area (Å²) in [6, 6.07) is 0.709. The predicted molar refractivity (Wildman–Crippen MR) is 84.9 cm³/mol. The standard InChI is InChI=1S/C18H29N3/c1-19-17(4-3-12-10-20-21(2)11-12)18-15-6-13-5-14(8-15)9-16(18)7-13/h10-11,13-19H,3-9H2,1-2H3. The Labute approximate surface area is 128 Å². The third-order valence-corrected chi connectivity index (χ3v) is 6.64. The van der Waals surface area contributed by atoms with Crippen molar-refractivity contribution in [3.8, 4) is 0 Å². The second-order valence-electron chi connectivity index (χ2n) is 7.96. The molecule has 4 fully saturated rings. The number of nitrogens with one attached hydrogen (secondary N) is 1. The third kappa shape index (κ3) is 2.54. The molecule has 0 saturated heterocycles. The van der Waals surface area contributed by atoms with Crippen LogP contribution in [0.2, 0.25) is 0 Å². The molecular formula is C18H29N3. The van der Waals surface area contributed by atoms with Crippen molar-refractivity contribution in [3.05, 3.63) is 18.0 Å². The topological polar surface area (TPSA) is 29.9 Å². The van der Waals surface area contributed by atoms with Crippen LogP contribution in [0, 0.1) is 29.6 Å². The Balaban J connectivity index is 1.43. The second-order valence-corrected chi connectivity index (χ2v) is 7.96. The first-order valence-corrected chi connectivity index (χ1v) is 8.87.